The summed E-state index contributed by atoms with van der Waals surface area (Å²) in [5.41, 5.74) is 0. The van der Waals surface area contributed by atoms with Gasteiger partial charge in [0.1, 0.15) is 5.82 Å². The predicted molar refractivity (Wildman–Crippen MR) is 55.2 cm³/mol. The van der Waals surface area contributed by atoms with E-state index < -0.39 is 0 Å². The first-order chi connectivity index (χ1) is 6.68. The molecule has 14 heavy (non-hydrogen) atoms. The minimum absolute atomic E-state index is 0.407. The average Bonchev–Trinajstić information content (AvgIpc) is 2.71. The summed E-state index contributed by atoms with van der Waals surface area (Å²) in [5, 5.41) is 10.7. The molecule has 2 N–H and O–H groups in total. The Morgan fingerprint density at radius 1 is 1.36 bits per heavy atom. The number of H-pyrrole nitrogens is 1. The Bertz CT molecular complexity index is 305. The Balaban J connectivity index is 2.16. The number of aromatic amines is 1. The van der Waals surface area contributed by atoms with Crippen molar-refractivity contribution in [1.29, 1.82) is 0 Å². The summed E-state index contributed by atoms with van der Waals surface area (Å²) in [4.78, 5) is 4.54. The van der Waals surface area contributed by atoms with Crippen LogP contribution in [-0.2, 0) is 0 Å². The Kier molecular flexibility index (Phi) is 2.54. The van der Waals surface area contributed by atoms with E-state index in [9.17, 15) is 0 Å². The molecular weight excluding hydrogens is 176 g/mol. The van der Waals surface area contributed by atoms with Gasteiger partial charge in [0.2, 0.25) is 0 Å². The van der Waals surface area contributed by atoms with E-state index in [4.69, 9.17) is 0 Å². The van der Waals surface area contributed by atoms with Crippen LogP contribution in [0.15, 0.2) is 0 Å². The van der Waals surface area contributed by atoms with Crippen molar-refractivity contribution in [3.8, 4) is 0 Å². The summed E-state index contributed by atoms with van der Waals surface area (Å²) >= 11 is 0. The van der Waals surface area contributed by atoms with Crippen molar-refractivity contribution in [3.63, 3.8) is 0 Å². The zero-order valence-corrected chi connectivity index (χ0v) is 9.04. The Labute approximate surface area is 84.5 Å². The molecule has 1 aliphatic rings. The van der Waals surface area contributed by atoms with Gasteiger partial charge in [-0.15, -0.1) is 0 Å². The fraction of sp³-hybridized carbons (Fsp3) is 0.800. The summed E-state index contributed by atoms with van der Waals surface area (Å²) in [6, 6.07) is 0. The van der Waals surface area contributed by atoms with Crippen LogP contribution in [0, 0.1) is 5.92 Å². The van der Waals surface area contributed by atoms with Crippen LogP contribution >= 0.6 is 0 Å². The van der Waals surface area contributed by atoms with E-state index in [1.54, 1.807) is 0 Å². The molecule has 0 unspecified atom stereocenters. The topological polar surface area (TPSA) is 53.6 Å². The maximum Gasteiger partial charge on any atom is 0.153 e. The van der Waals surface area contributed by atoms with Crippen molar-refractivity contribution in [1.82, 2.24) is 20.5 Å². The molecule has 2 rings (SSSR count). The van der Waals surface area contributed by atoms with Gasteiger partial charge in [-0.25, -0.2) is 4.98 Å². The first-order valence-corrected chi connectivity index (χ1v) is 5.31. The summed E-state index contributed by atoms with van der Waals surface area (Å²) in [5.74, 6) is 3.55. The number of hydrogen-bond acceptors (Lipinski definition) is 3. The Morgan fingerprint density at radius 2 is 2.14 bits per heavy atom. The van der Waals surface area contributed by atoms with Gasteiger partial charge in [0.25, 0.3) is 0 Å². The van der Waals surface area contributed by atoms with Crippen LogP contribution in [0.25, 0.3) is 0 Å². The quantitative estimate of drug-likeness (QED) is 0.745. The van der Waals surface area contributed by atoms with Gasteiger partial charge in [0, 0.05) is 18.4 Å². The third-order valence-corrected chi connectivity index (χ3v) is 2.91. The van der Waals surface area contributed by atoms with Gasteiger partial charge in [-0.3, -0.25) is 5.10 Å². The molecule has 1 fully saturated rings. The lowest BCUT2D eigenvalue weighted by atomic mass is 9.98. The minimum atomic E-state index is 0.407. The van der Waals surface area contributed by atoms with Gasteiger partial charge in [-0.05, 0) is 12.5 Å². The third-order valence-electron chi connectivity index (χ3n) is 2.91. The van der Waals surface area contributed by atoms with E-state index in [0.29, 0.717) is 17.8 Å². The zero-order valence-electron chi connectivity index (χ0n) is 9.04. The predicted octanol–water partition coefficient (Wildman–Crippen LogP) is 1.25. The molecule has 0 amide bonds. The van der Waals surface area contributed by atoms with E-state index in [2.05, 4.69) is 41.3 Å². The van der Waals surface area contributed by atoms with E-state index in [1.165, 1.54) is 0 Å². The summed E-state index contributed by atoms with van der Waals surface area (Å²) in [6.07, 6.45) is 0. The standard InChI is InChI=1S/C10H18N4/c1-6(2)9-12-10(14-13-9)8-5-11-4-7(8)3/h6-8,11H,4-5H2,1-3H3,(H,12,13,14)/t7-,8-/m1/s1. The van der Waals surface area contributed by atoms with Gasteiger partial charge in [0.15, 0.2) is 5.82 Å². The zero-order chi connectivity index (χ0) is 10.1. The molecule has 4 nitrogen and oxygen atoms in total. The third kappa shape index (κ3) is 1.66. The van der Waals surface area contributed by atoms with Crippen molar-refractivity contribution in [2.75, 3.05) is 13.1 Å². The molecule has 0 saturated carbocycles. The second kappa shape index (κ2) is 3.69. The van der Waals surface area contributed by atoms with E-state index in [0.717, 1.165) is 24.7 Å². The fourth-order valence-corrected chi connectivity index (χ4v) is 1.89. The number of nitrogens with one attached hydrogen (secondary N) is 2. The molecule has 0 spiro atoms. The van der Waals surface area contributed by atoms with Crippen LogP contribution in [0.4, 0.5) is 0 Å². The fourth-order valence-electron chi connectivity index (χ4n) is 1.89. The maximum absolute atomic E-state index is 4.54. The Hall–Kier alpha value is -0.900. The highest BCUT2D eigenvalue weighted by molar-refractivity contribution is 5.05. The number of nitrogens with zero attached hydrogens (tertiary/aromatic N) is 2. The van der Waals surface area contributed by atoms with Crippen LogP contribution in [0.2, 0.25) is 0 Å². The molecule has 0 bridgehead atoms. The van der Waals surface area contributed by atoms with Crippen molar-refractivity contribution in [3.05, 3.63) is 11.6 Å². The highest BCUT2D eigenvalue weighted by atomic mass is 15.2. The van der Waals surface area contributed by atoms with Crippen molar-refractivity contribution in [2.45, 2.75) is 32.6 Å². The van der Waals surface area contributed by atoms with Crippen LogP contribution < -0.4 is 5.32 Å². The van der Waals surface area contributed by atoms with Gasteiger partial charge in [-0.1, -0.05) is 20.8 Å². The molecule has 78 valence electrons. The summed E-state index contributed by atoms with van der Waals surface area (Å²) in [7, 11) is 0. The van der Waals surface area contributed by atoms with Gasteiger partial charge < -0.3 is 5.32 Å². The lowest BCUT2D eigenvalue weighted by molar-refractivity contribution is 0.547. The summed E-state index contributed by atoms with van der Waals surface area (Å²) < 4.78 is 0. The van der Waals surface area contributed by atoms with Gasteiger partial charge >= 0.3 is 0 Å². The molecule has 0 aromatic carbocycles. The SMILES string of the molecule is CC(C)c1n[nH]c([C@@H]2CNC[C@H]2C)n1. The van der Waals surface area contributed by atoms with Crippen LogP contribution in [0.3, 0.4) is 0 Å². The monoisotopic (exact) mass is 194 g/mol. The van der Waals surface area contributed by atoms with E-state index in [-0.39, 0.29) is 0 Å². The molecule has 0 radical (unpaired) electrons. The molecule has 1 saturated heterocycles. The highest BCUT2D eigenvalue weighted by Crippen LogP contribution is 2.25. The molecule has 1 aliphatic heterocycles. The number of hydrogen-bond donors (Lipinski definition) is 2. The molecular formula is C10H18N4. The molecule has 0 aliphatic carbocycles. The molecule has 2 heterocycles. The second-order valence-electron chi connectivity index (χ2n) is 4.48. The number of rotatable bonds is 2. The lowest BCUT2D eigenvalue weighted by Crippen LogP contribution is -2.09. The Morgan fingerprint density at radius 3 is 2.64 bits per heavy atom. The van der Waals surface area contributed by atoms with Crippen LogP contribution in [0.5, 0.6) is 0 Å². The van der Waals surface area contributed by atoms with Crippen molar-refractivity contribution < 1.29 is 0 Å². The first-order valence-electron chi connectivity index (χ1n) is 5.31. The van der Waals surface area contributed by atoms with E-state index in [1.807, 2.05) is 0 Å². The average molecular weight is 194 g/mol. The van der Waals surface area contributed by atoms with Crippen LogP contribution in [-0.4, -0.2) is 28.3 Å². The molecule has 1 aromatic heterocycles. The normalized spacial score (nSPS) is 27.4. The van der Waals surface area contributed by atoms with Crippen LogP contribution in [0.1, 0.15) is 44.3 Å². The van der Waals surface area contributed by atoms with Gasteiger partial charge in [-0.2, -0.15) is 5.10 Å². The molecule has 2 atom stereocenters. The highest BCUT2D eigenvalue weighted by Gasteiger charge is 2.27. The summed E-state index contributed by atoms with van der Waals surface area (Å²) in [6.45, 7) is 8.59. The van der Waals surface area contributed by atoms with Gasteiger partial charge in [0.05, 0.1) is 0 Å². The number of aromatic nitrogens is 3. The lowest BCUT2D eigenvalue weighted by Gasteiger charge is -2.09. The largest absolute Gasteiger partial charge is 0.316 e. The van der Waals surface area contributed by atoms with Crippen molar-refractivity contribution >= 4 is 0 Å². The molecule has 1 aromatic rings. The molecule has 4 heteroatoms. The second-order valence-corrected chi connectivity index (χ2v) is 4.48. The smallest absolute Gasteiger partial charge is 0.153 e. The minimum Gasteiger partial charge on any atom is -0.316 e. The van der Waals surface area contributed by atoms with E-state index >= 15 is 0 Å². The maximum atomic E-state index is 4.54. The van der Waals surface area contributed by atoms with Crippen molar-refractivity contribution in [2.24, 2.45) is 5.92 Å². The first kappa shape index (κ1) is 9.65.